The molecule has 3 nitrogen and oxygen atoms in total. The van der Waals surface area contributed by atoms with Crippen molar-refractivity contribution in [1.82, 2.24) is 0 Å². The first kappa shape index (κ1) is 7.75. The molecule has 10 heavy (non-hydrogen) atoms. The summed E-state index contributed by atoms with van der Waals surface area (Å²) in [6.07, 6.45) is 2.51. The summed E-state index contributed by atoms with van der Waals surface area (Å²) < 4.78 is -0.476. The lowest BCUT2D eigenvalue weighted by atomic mass is 10.1. The summed E-state index contributed by atoms with van der Waals surface area (Å²) in [7, 11) is 0. The van der Waals surface area contributed by atoms with Crippen LogP contribution >= 0.6 is 15.9 Å². The Balaban J connectivity index is 2.88. The van der Waals surface area contributed by atoms with Crippen LogP contribution in [0.3, 0.4) is 0 Å². The molecule has 0 bridgehead atoms. The highest BCUT2D eigenvalue weighted by molar-refractivity contribution is 9.10. The van der Waals surface area contributed by atoms with Crippen LogP contribution in [0.5, 0.6) is 0 Å². The van der Waals surface area contributed by atoms with Crippen LogP contribution in [0.2, 0.25) is 0 Å². The number of aliphatic imine (C=N–C) groups is 1. The highest BCUT2D eigenvalue weighted by Gasteiger charge is 2.26. The van der Waals surface area contributed by atoms with Crippen molar-refractivity contribution in [1.29, 1.82) is 0 Å². The first-order valence-electron chi connectivity index (χ1n) is 3.01. The molecule has 4 heteroatoms. The molecule has 1 unspecified atom stereocenters. The zero-order valence-electron chi connectivity index (χ0n) is 5.76. The van der Waals surface area contributed by atoms with Gasteiger partial charge in [-0.3, -0.25) is 0 Å². The van der Waals surface area contributed by atoms with Gasteiger partial charge in [0.25, 0.3) is 0 Å². The van der Waals surface area contributed by atoms with Crippen molar-refractivity contribution in [3.63, 3.8) is 0 Å². The number of hydrogen-bond donors (Lipinski definition) is 2. The molecule has 0 aliphatic carbocycles. The molecule has 0 radical (unpaired) electrons. The van der Waals surface area contributed by atoms with E-state index in [4.69, 9.17) is 11.5 Å². The Bertz CT molecular complexity index is 205. The maximum atomic E-state index is 5.77. The Labute approximate surface area is 68.3 Å². The minimum atomic E-state index is -0.476. The average molecular weight is 204 g/mol. The highest BCUT2D eigenvalue weighted by atomic mass is 79.9. The lowest BCUT2D eigenvalue weighted by molar-refractivity contribution is 0.793. The van der Waals surface area contributed by atoms with E-state index >= 15 is 0 Å². The SMILES string of the molecule is CC1=NC(N)=CCC1(N)Br. The van der Waals surface area contributed by atoms with Gasteiger partial charge in [0.2, 0.25) is 0 Å². The molecular weight excluding hydrogens is 194 g/mol. The zero-order valence-corrected chi connectivity index (χ0v) is 7.35. The van der Waals surface area contributed by atoms with Crippen molar-refractivity contribution in [2.24, 2.45) is 16.5 Å². The van der Waals surface area contributed by atoms with Crippen molar-refractivity contribution in [2.75, 3.05) is 0 Å². The van der Waals surface area contributed by atoms with Crippen LogP contribution in [0.25, 0.3) is 0 Å². The summed E-state index contributed by atoms with van der Waals surface area (Å²) in [6, 6.07) is 0. The van der Waals surface area contributed by atoms with Crippen LogP contribution in [0.15, 0.2) is 16.9 Å². The van der Waals surface area contributed by atoms with Gasteiger partial charge in [0.15, 0.2) is 0 Å². The molecule has 0 saturated carbocycles. The molecule has 0 fully saturated rings. The van der Waals surface area contributed by atoms with E-state index < -0.39 is 4.45 Å². The molecular formula is C6H10BrN3. The van der Waals surface area contributed by atoms with Crippen molar-refractivity contribution >= 4 is 21.6 Å². The van der Waals surface area contributed by atoms with E-state index in [1.165, 1.54) is 0 Å². The van der Waals surface area contributed by atoms with Crippen molar-refractivity contribution < 1.29 is 0 Å². The standard InChI is InChI=1S/C6H10BrN3/c1-4-6(7,9)3-2-5(8)10-4/h2H,3,8-9H2,1H3. The second kappa shape index (κ2) is 2.36. The van der Waals surface area contributed by atoms with E-state index in [1.54, 1.807) is 0 Å². The maximum Gasteiger partial charge on any atom is 0.119 e. The summed E-state index contributed by atoms with van der Waals surface area (Å²) >= 11 is 3.33. The molecule has 4 N–H and O–H groups in total. The van der Waals surface area contributed by atoms with Crippen LogP contribution < -0.4 is 11.5 Å². The average Bonchev–Trinajstić information content (AvgIpc) is 1.81. The quantitative estimate of drug-likeness (QED) is 0.450. The highest BCUT2D eigenvalue weighted by Crippen LogP contribution is 2.22. The number of halogens is 1. The molecule has 1 aliphatic rings. The Kier molecular flexibility index (Phi) is 1.83. The molecule has 0 aromatic heterocycles. The Morgan fingerprint density at radius 1 is 1.80 bits per heavy atom. The fraction of sp³-hybridized carbons (Fsp3) is 0.500. The maximum absolute atomic E-state index is 5.77. The lowest BCUT2D eigenvalue weighted by Gasteiger charge is -2.23. The normalized spacial score (nSPS) is 33.1. The predicted molar refractivity (Wildman–Crippen MR) is 45.8 cm³/mol. The van der Waals surface area contributed by atoms with Crippen molar-refractivity contribution in [3.05, 3.63) is 11.9 Å². The van der Waals surface area contributed by atoms with Gasteiger partial charge in [-0.15, -0.1) is 0 Å². The molecule has 1 rings (SSSR count). The third kappa shape index (κ3) is 1.38. The van der Waals surface area contributed by atoms with Crippen molar-refractivity contribution in [3.8, 4) is 0 Å². The Morgan fingerprint density at radius 3 is 2.80 bits per heavy atom. The number of nitrogens with zero attached hydrogens (tertiary/aromatic N) is 1. The summed E-state index contributed by atoms with van der Waals surface area (Å²) in [4.78, 5) is 4.02. The minimum Gasteiger partial charge on any atom is -0.384 e. The summed E-state index contributed by atoms with van der Waals surface area (Å²) in [5.41, 5.74) is 12.0. The third-order valence-electron chi connectivity index (χ3n) is 1.51. The third-order valence-corrected chi connectivity index (χ3v) is 2.40. The summed E-state index contributed by atoms with van der Waals surface area (Å²) in [5.74, 6) is 0.554. The van der Waals surface area contributed by atoms with Gasteiger partial charge in [-0.1, -0.05) is 15.9 Å². The molecule has 0 saturated heterocycles. The molecule has 1 atom stereocenters. The zero-order chi connectivity index (χ0) is 7.78. The van der Waals surface area contributed by atoms with Crippen LogP contribution in [0.1, 0.15) is 13.3 Å². The largest absolute Gasteiger partial charge is 0.384 e. The van der Waals surface area contributed by atoms with Gasteiger partial charge < -0.3 is 11.5 Å². The fourth-order valence-corrected chi connectivity index (χ4v) is 0.984. The van der Waals surface area contributed by atoms with Gasteiger partial charge in [-0.05, 0) is 13.0 Å². The van der Waals surface area contributed by atoms with Gasteiger partial charge in [0, 0.05) is 12.1 Å². The van der Waals surface area contributed by atoms with E-state index in [2.05, 4.69) is 20.9 Å². The van der Waals surface area contributed by atoms with E-state index in [0.29, 0.717) is 12.2 Å². The van der Waals surface area contributed by atoms with Gasteiger partial charge in [0.1, 0.15) is 10.3 Å². The minimum absolute atomic E-state index is 0.476. The van der Waals surface area contributed by atoms with Gasteiger partial charge in [-0.2, -0.15) is 0 Å². The molecule has 0 aromatic rings. The molecule has 0 spiro atoms. The van der Waals surface area contributed by atoms with Crippen molar-refractivity contribution in [2.45, 2.75) is 17.8 Å². The number of nitrogens with two attached hydrogens (primary N) is 2. The topological polar surface area (TPSA) is 64.4 Å². The van der Waals surface area contributed by atoms with Crippen LogP contribution in [-0.2, 0) is 0 Å². The monoisotopic (exact) mass is 203 g/mol. The second-order valence-electron chi connectivity index (χ2n) is 2.39. The van der Waals surface area contributed by atoms with Crippen LogP contribution in [0, 0.1) is 0 Å². The van der Waals surface area contributed by atoms with Crippen LogP contribution in [0.4, 0.5) is 0 Å². The number of alkyl halides is 1. The van der Waals surface area contributed by atoms with Gasteiger partial charge in [0.05, 0.1) is 0 Å². The fourth-order valence-electron chi connectivity index (χ4n) is 0.733. The second-order valence-corrected chi connectivity index (χ2v) is 3.81. The molecule has 1 aliphatic heterocycles. The predicted octanol–water partition coefficient (Wildman–Crippen LogP) is 0.701. The number of hydrogen-bond acceptors (Lipinski definition) is 3. The molecule has 56 valence electrons. The first-order chi connectivity index (χ1) is 4.52. The molecule has 1 heterocycles. The van der Waals surface area contributed by atoms with Gasteiger partial charge >= 0.3 is 0 Å². The Hall–Kier alpha value is -0.350. The van der Waals surface area contributed by atoms with Gasteiger partial charge in [-0.25, -0.2) is 4.99 Å². The summed E-state index contributed by atoms with van der Waals surface area (Å²) in [6.45, 7) is 1.86. The molecule has 0 amide bonds. The number of rotatable bonds is 0. The Morgan fingerprint density at radius 2 is 2.40 bits per heavy atom. The lowest BCUT2D eigenvalue weighted by Crippen LogP contribution is -2.41. The van der Waals surface area contributed by atoms with E-state index in [0.717, 1.165) is 5.71 Å². The van der Waals surface area contributed by atoms with E-state index in [1.807, 2.05) is 13.0 Å². The smallest absolute Gasteiger partial charge is 0.119 e. The van der Waals surface area contributed by atoms with Crippen LogP contribution in [-0.4, -0.2) is 10.2 Å². The molecule has 0 aromatic carbocycles. The first-order valence-corrected chi connectivity index (χ1v) is 3.81. The van der Waals surface area contributed by atoms with E-state index in [9.17, 15) is 0 Å². The van der Waals surface area contributed by atoms with E-state index in [-0.39, 0.29) is 0 Å². The summed E-state index contributed by atoms with van der Waals surface area (Å²) in [5, 5.41) is 0.